The molecule has 0 aliphatic heterocycles. The number of aromatic nitrogens is 1. The van der Waals surface area contributed by atoms with Crippen molar-refractivity contribution in [3.63, 3.8) is 0 Å². The molecule has 0 N–H and O–H groups in total. The monoisotopic (exact) mass is 678 g/mol. The molecule has 0 amide bonds. The van der Waals surface area contributed by atoms with Crippen molar-refractivity contribution in [1.29, 1.82) is 5.26 Å². The highest BCUT2D eigenvalue weighted by molar-refractivity contribution is 6.16. The number of benzene rings is 8. The zero-order valence-corrected chi connectivity index (χ0v) is 28.9. The molecule has 1 heterocycles. The van der Waals surface area contributed by atoms with Gasteiger partial charge in [0.2, 0.25) is 0 Å². The fourth-order valence-electron chi connectivity index (χ4n) is 7.36. The second kappa shape index (κ2) is 13.8. The summed E-state index contributed by atoms with van der Waals surface area (Å²) in [6, 6.07) is 74.4. The first kappa shape index (κ1) is 31.6. The molecule has 8 aromatic carbocycles. The van der Waals surface area contributed by atoms with Crippen LogP contribution in [0.1, 0.15) is 5.56 Å². The van der Waals surface area contributed by atoms with Gasteiger partial charge in [-0.1, -0.05) is 103 Å². The quantitative estimate of drug-likeness (QED) is 0.160. The third-order valence-corrected chi connectivity index (χ3v) is 9.80. The van der Waals surface area contributed by atoms with Crippen molar-refractivity contribution in [2.75, 3.05) is 9.80 Å². The van der Waals surface area contributed by atoms with Crippen molar-refractivity contribution in [1.82, 2.24) is 4.57 Å². The summed E-state index contributed by atoms with van der Waals surface area (Å²) in [7, 11) is 0. The number of hydrogen-bond acceptors (Lipinski definition) is 3. The molecule has 4 nitrogen and oxygen atoms in total. The molecule has 0 fully saturated rings. The molecule has 9 rings (SSSR count). The summed E-state index contributed by atoms with van der Waals surface area (Å²) < 4.78 is 2.37. The molecule has 0 radical (unpaired) electrons. The molecular formula is C49H34N4. The maximum atomic E-state index is 9.42. The van der Waals surface area contributed by atoms with E-state index in [-0.39, 0.29) is 0 Å². The van der Waals surface area contributed by atoms with E-state index in [1.165, 1.54) is 21.9 Å². The Morgan fingerprint density at radius 3 is 1.49 bits per heavy atom. The summed E-state index contributed by atoms with van der Waals surface area (Å²) in [5.74, 6) is 0. The maximum Gasteiger partial charge on any atom is 0.0991 e. The lowest BCUT2D eigenvalue weighted by Crippen LogP contribution is -2.10. The third-order valence-electron chi connectivity index (χ3n) is 9.80. The van der Waals surface area contributed by atoms with Crippen LogP contribution in [0.25, 0.3) is 38.6 Å². The third kappa shape index (κ3) is 5.87. The Bertz CT molecular complexity index is 2690. The van der Waals surface area contributed by atoms with Crippen molar-refractivity contribution in [3.05, 3.63) is 212 Å². The number of rotatable bonds is 8. The lowest BCUT2D eigenvalue weighted by molar-refractivity contribution is 1.17. The van der Waals surface area contributed by atoms with Crippen molar-refractivity contribution in [2.24, 2.45) is 0 Å². The molecular weight excluding hydrogens is 645 g/mol. The van der Waals surface area contributed by atoms with E-state index in [0.717, 1.165) is 50.8 Å². The molecule has 53 heavy (non-hydrogen) atoms. The van der Waals surface area contributed by atoms with Crippen molar-refractivity contribution in [2.45, 2.75) is 0 Å². The van der Waals surface area contributed by atoms with Crippen molar-refractivity contribution >= 4 is 55.9 Å². The van der Waals surface area contributed by atoms with E-state index in [9.17, 15) is 5.26 Å². The Morgan fingerprint density at radius 2 is 0.849 bits per heavy atom. The van der Waals surface area contributed by atoms with Crippen LogP contribution in [0.4, 0.5) is 34.1 Å². The van der Waals surface area contributed by atoms with Gasteiger partial charge in [0.25, 0.3) is 0 Å². The van der Waals surface area contributed by atoms with Crippen LogP contribution in [0.2, 0.25) is 0 Å². The van der Waals surface area contributed by atoms with Crippen LogP contribution in [-0.4, -0.2) is 4.57 Å². The van der Waals surface area contributed by atoms with Gasteiger partial charge in [0, 0.05) is 44.9 Å². The Kier molecular flexibility index (Phi) is 8.20. The van der Waals surface area contributed by atoms with E-state index in [1.807, 2.05) is 42.5 Å². The van der Waals surface area contributed by atoms with E-state index in [0.29, 0.717) is 5.56 Å². The minimum Gasteiger partial charge on any atom is -0.311 e. The fourth-order valence-corrected chi connectivity index (χ4v) is 7.36. The van der Waals surface area contributed by atoms with Gasteiger partial charge in [-0.15, -0.1) is 0 Å². The van der Waals surface area contributed by atoms with Crippen LogP contribution in [-0.2, 0) is 0 Å². The summed E-state index contributed by atoms with van der Waals surface area (Å²) >= 11 is 0. The van der Waals surface area contributed by atoms with E-state index >= 15 is 0 Å². The highest BCUT2D eigenvalue weighted by Crippen LogP contribution is 2.44. The zero-order valence-electron chi connectivity index (χ0n) is 28.9. The molecule has 0 spiro atoms. The van der Waals surface area contributed by atoms with Gasteiger partial charge in [0.1, 0.15) is 0 Å². The highest BCUT2D eigenvalue weighted by Gasteiger charge is 2.21. The van der Waals surface area contributed by atoms with Gasteiger partial charge in [-0.2, -0.15) is 5.26 Å². The number of para-hydroxylation sites is 3. The van der Waals surface area contributed by atoms with Crippen molar-refractivity contribution in [3.8, 4) is 22.9 Å². The Balaban J connectivity index is 1.18. The average molecular weight is 679 g/mol. The van der Waals surface area contributed by atoms with Crippen molar-refractivity contribution < 1.29 is 0 Å². The Labute approximate surface area is 309 Å². The number of anilines is 6. The largest absolute Gasteiger partial charge is 0.311 e. The minimum atomic E-state index is 0.637. The number of nitriles is 1. The van der Waals surface area contributed by atoms with Gasteiger partial charge >= 0.3 is 0 Å². The Morgan fingerprint density at radius 1 is 0.377 bits per heavy atom. The molecule has 0 saturated carbocycles. The van der Waals surface area contributed by atoms with Gasteiger partial charge in [-0.05, 0) is 114 Å². The Hall–Kier alpha value is -7.35. The summed E-state index contributed by atoms with van der Waals surface area (Å²) in [6.45, 7) is 0. The number of hydrogen-bond donors (Lipinski definition) is 0. The summed E-state index contributed by atoms with van der Waals surface area (Å²) in [6.07, 6.45) is 0. The van der Waals surface area contributed by atoms with Gasteiger partial charge in [0.15, 0.2) is 0 Å². The number of fused-ring (bicyclic) bond motifs is 3. The van der Waals surface area contributed by atoms with Crippen LogP contribution in [0.3, 0.4) is 0 Å². The van der Waals surface area contributed by atoms with Gasteiger partial charge in [0.05, 0.1) is 28.4 Å². The molecule has 0 aliphatic carbocycles. The predicted molar refractivity (Wildman–Crippen MR) is 220 cm³/mol. The van der Waals surface area contributed by atoms with Crippen LogP contribution in [0, 0.1) is 11.3 Å². The SMILES string of the molecule is N#Cc1ccc(N(c2ccccc2)c2ccc(-n3c4ccccc4c4c(N(c5ccccc5)c5ccc(-c6ccccc6)cc5)cccc43)cc2)cc1. The maximum absolute atomic E-state index is 9.42. The van der Waals surface area contributed by atoms with E-state index in [4.69, 9.17) is 0 Å². The second-order valence-electron chi connectivity index (χ2n) is 13.0. The number of nitrogens with zero attached hydrogens (tertiary/aromatic N) is 4. The topological polar surface area (TPSA) is 35.2 Å². The molecule has 0 atom stereocenters. The predicted octanol–water partition coefficient (Wildman–Crippen LogP) is 13.3. The molecule has 0 unspecified atom stereocenters. The first-order valence-electron chi connectivity index (χ1n) is 17.8. The summed E-state index contributed by atoms with van der Waals surface area (Å²) in [5.41, 5.74) is 12.7. The van der Waals surface area contributed by atoms with E-state index in [2.05, 4.69) is 184 Å². The van der Waals surface area contributed by atoms with E-state index in [1.54, 1.807) is 0 Å². The molecule has 250 valence electrons. The summed E-state index contributed by atoms with van der Waals surface area (Å²) in [4.78, 5) is 4.59. The zero-order chi connectivity index (χ0) is 35.6. The van der Waals surface area contributed by atoms with Crippen LogP contribution < -0.4 is 9.80 Å². The van der Waals surface area contributed by atoms with Crippen LogP contribution in [0.15, 0.2) is 206 Å². The highest BCUT2D eigenvalue weighted by atomic mass is 15.2. The summed E-state index contributed by atoms with van der Waals surface area (Å²) in [5, 5.41) is 11.8. The lowest BCUT2D eigenvalue weighted by Gasteiger charge is -2.27. The normalized spacial score (nSPS) is 11.0. The minimum absolute atomic E-state index is 0.637. The van der Waals surface area contributed by atoms with Crippen LogP contribution in [0.5, 0.6) is 0 Å². The molecule has 9 aromatic rings. The molecule has 1 aromatic heterocycles. The first-order chi connectivity index (χ1) is 26.3. The van der Waals surface area contributed by atoms with E-state index < -0.39 is 0 Å². The molecule has 0 saturated heterocycles. The lowest BCUT2D eigenvalue weighted by atomic mass is 10.0. The second-order valence-corrected chi connectivity index (χ2v) is 13.0. The van der Waals surface area contributed by atoms with Gasteiger partial charge in [-0.3, -0.25) is 0 Å². The standard InChI is InChI=1S/C49H34N4/c50-35-36-23-27-41(28-24-36)51(39-15-6-2-7-16-39)42-31-33-44(34-32-42)53-46-20-11-10-19-45(46)49-47(21-12-22-48(49)53)52(40-17-8-3-9-18-40)43-29-25-38(26-30-43)37-13-4-1-5-14-37/h1-34H. The molecule has 0 bridgehead atoms. The fraction of sp³-hybridized carbons (Fsp3) is 0. The van der Waals surface area contributed by atoms with Gasteiger partial charge in [-0.25, -0.2) is 0 Å². The van der Waals surface area contributed by atoms with Crippen LogP contribution >= 0.6 is 0 Å². The first-order valence-corrected chi connectivity index (χ1v) is 17.8. The molecule has 4 heteroatoms. The van der Waals surface area contributed by atoms with Gasteiger partial charge < -0.3 is 14.4 Å². The molecule has 0 aliphatic rings. The average Bonchev–Trinajstić information content (AvgIpc) is 3.58. The smallest absolute Gasteiger partial charge is 0.0991 e.